The highest BCUT2D eigenvalue weighted by Crippen LogP contribution is 2.28. The summed E-state index contributed by atoms with van der Waals surface area (Å²) in [6, 6.07) is 9.23. The predicted octanol–water partition coefficient (Wildman–Crippen LogP) is 4.50. The first-order valence-corrected chi connectivity index (χ1v) is 10.2. The van der Waals surface area contributed by atoms with Crippen molar-refractivity contribution >= 4 is 16.8 Å². The lowest BCUT2D eigenvalue weighted by molar-refractivity contribution is 0.0810. The van der Waals surface area contributed by atoms with E-state index >= 15 is 0 Å². The third kappa shape index (κ3) is 3.94. The minimum Gasteiger partial charge on any atom is -0.348 e. The first-order chi connectivity index (χ1) is 14.2. The lowest BCUT2D eigenvalue weighted by atomic mass is 9.98. The Morgan fingerprint density at radius 3 is 2.60 bits per heavy atom. The molecule has 2 heterocycles. The average molecular weight is 412 g/mol. The topological polar surface area (TPSA) is 61.0 Å². The minimum absolute atomic E-state index is 0.0895. The summed E-state index contributed by atoms with van der Waals surface area (Å²) in [5.41, 5.74) is 1.70. The molecular formula is C23H26F2N4O. The van der Waals surface area contributed by atoms with E-state index in [4.69, 9.17) is 0 Å². The molecule has 0 spiro atoms. The molecule has 1 fully saturated rings. The van der Waals surface area contributed by atoms with E-state index in [1.807, 2.05) is 0 Å². The molecule has 1 aromatic heterocycles. The van der Waals surface area contributed by atoms with Gasteiger partial charge in [-0.25, -0.2) is 8.78 Å². The Morgan fingerprint density at radius 2 is 1.90 bits per heavy atom. The Morgan fingerprint density at radius 1 is 1.17 bits per heavy atom. The molecule has 0 radical (unpaired) electrons. The number of nitrogens with zero attached hydrogens (tertiary/aromatic N) is 2. The van der Waals surface area contributed by atoms with Crippen LogP contribution in [0, 0.1) is 11.6 Å². The number of aromatic nitrogens is 2. The molecule has 0 atom stereocenters. The van der Waals surface area contributed by atoms with Gasteiger partial charge >= 0.3 is 0 Å². The summed E-state index contributed by atoms with van der Waals surface area (Å²) in [4.78, 5) is 15.3. The number of carbonyl (C=O) groups excluding carboxylic acids is 1. The minimum atomic E-state index is -0.906. The summed E-state index contributed by atoms with van der Waals surface area (Å²) in [6.45, 7) is 8.44. The van der Waals surface area contributed by atoms with Crippen LogP contribution in [0.25, 0.3) is 22.0 Å². The molecule has 2 N–H and O–H groups in total. The van der Waals surface area contributed by atoms with Crippen molar-refractivity contribution in [3.05, 3.63) is 53.7 Å². The van der Waals surface area contributed by atoms with E-state index in [2.05, 4.69) is 41.2 Å². The number of amides is 1. The van der Waals surface area contributed by atoms with Gasteiger partial charge in [0.15, 0.2) is 17.3 Å². The molecular weight excluding hydrogens is 386 g/mol. The Balaban J connectivity index is 1.55. The number of hydrogen-bond acceptors (Lipinski definition) is 3. The maximum Gasteiger partial charge on any atom is 0.272 e. The van der Waals surface area contributed by atoms with Crippen LogP contribution >= 0.6 is 0 Å². The van der Waals surface area contributed by atoms with E-state index in [1.54, 1.807) is 18.2 Å². The standard InChI is InChI=1S/C23H26F2N4O/c1-23(2,3)29-11-9-15(10-12-29)26-22(30)21-17-13-14(7-8-19(17)27-28-21)16-5-4-6-18(24)20(16)25/h4-8,13,15H,9-12H2,1-3H3,(H,26,30)(H,27,28). The number of halogens is 2. The monoisotopic (exact) mass is 412 g/mol. The van der Waals surface area contributed by atoms with Crippen LogP contribution in [-0.2, 0) is 0 Å². The third-order valence-electron chi connectivity index (χ3n) is 5.82. The zero-order chi connectivity index (χ0) is 21.5. The lowest BCUT2D eigenvalue weighted by Crippen LogP contribution is -2.50. The number of fused-ring (bicyclic) bond motifs is 1. The Hall–Kier alpha value is -2.80. The van der Waals surface area contributed by atoms with E-state index in [9.17, 15) is 13.6 Å². The van der Waals surface area contributed by atoms with E-state index in [-0.39, 0.29) is 28.7 Å². The second-order valence-electron chi connectivity index (χ2n) is 8.84. The molecule has 1 aliphatic heterocycles. The Bertz CT molecular complexity index is 1080. The van der Waals surface area contributed by atoms with E-state index in [1.165, 1.54) is 12.1 Å². The summed E-state index contributed by atoms with van der Waals surface area (Å²) < 4.78 is 27.8. The molecule has 0 unspecified atom stereocenters. The smallest absolute Gasteiger partial charge is 0.272 e. The van der Waals surface area contributed by atoms with Crippen LogP contribution in [0.4, 0.5) is 8.78 Å². The molecule has 0 bridgehead atoms. The summed E-state index contributed by atoms with van der Waals surface area (Å²) in [5, 5.41) is 10.7. The molecule has 5 nitrogen and oxygen atoms in total. The fourth-order valence-electron chi connectivity index (χ4n) is 4.03. The fraction of sp³-hybridized carbons (Fsp3) is 0.391. The highest BCUT2D eigenvalue weighted by molar-refractivity contribution is 6.05. The van der Waals surface area contributed by atoms with Crippen molar-refractivity contribution < 1.29 is 13.6 Å². The number of benzene rings is 2. The van der Waals surface area contributed by atoms with Crippen molar-refractivity contribution in [3.8, 4) is 11.1 Å². The van der Waals surface area contributed by atoms with Crippen molar-refractivity contribution in [2.75, 3.05) is 13.1 Å². The molecule has 3 aromatic rings. The molecule has 1 saturated heterocycles. The van der Waals surface area contributed by atoms with Gasteiger partial charge in [0.25, 0.3) is 5.91 Å². The summed E-state index contributed by atoms with van der Waals surface area (Å²) in [7, 11) is 0. The molecule has 2 aromatic carbocycles. The zero-order valence-electron chi connectivity index (χ0n) is 17.4. The van der Waals surface area contributed by atoms with Crippen molar-refractivity contribution in [1.29, 1.82) is 0 Å². The second kappa shape index (κ2) is 7.80. The number of H-pyrrole nitrogens is 1. The molecule has 30 heavy (non-hydrogen) atoms. The van der Waals surface area contributed by atoms with Crippen molar-refractivity contribution in [2.24, 2.45) is 0 Å². The normalized spacial score (nSPS) is 16.2. The van der Waals surface area contributed by atoms with Crippen LogP contribution in [0.15, 0.2) is 36.4 Å². The highest BCUT2D eigenvalue weighted by Gasteiger charge is 2.28. The molecule has 158 valence electrons. The van der Waals surface area contributed by atoms with Crippen LogP contribution < -0.4 is 5.32 Å². The number of nitrogens with one attached hydrogen (secondary N) is 2. The maximum absolute atomic E-state index is 14.2. The average Bonchev–Trinajstić information content (AvgIpc) is 3.13. The highest BCUT2D eigenvalue weighted by atomic mass is 19.2. The van der Waals surface area contributed by atoms with Crippen LogP contribution in [-0.4, -0.2) is 45.7 Å². The first kappa shape index (κ1) is 20.5. The SMILES string of the molecule is CC(C)(C)N1CCC(NC(=O)c2n[nH]c3ccc(-c4cccc(F)c4F)cc23)CC1. The first-order valence-electron chi connectivity index (χ1n) is 10.2. The molecule has 4 rings (SSSR count). The number of rotatable bonds is 3. The molecule has 7 heteroatoms. The van der Waals surface area contributed by atoms with E-state index in [0.29, 0.717) is 16.5 Å². The zero-order valence-corrected chi connectivity index (χ0v) is 17.4. The van der Waals surface area contributed by atoms with Gasteiger partial charge in [-0.2, -0.15) is 5.10 Å². The van der Waals surface area contributed by atoms with E-state index in [0.717, 1.165) is 32.0 Å². The van der Waals surface area contributed by atoms with Crippen LogP contribution in [0.1, 0.15) is 44.1 Å². The summed E-state index contributed by atoms with van der Waals surface area (Å²) in [6.07, 6.45) is 1.76. The lowest BCUT2D eigenvalue weighted by Gasteiger charge is -2.40. The van der Waals surface area contributed by atoms with Crippen molar-refractivity contribution in [2.45, 2.75) is 45.2 Å². The van der Waals surface area contributed by atoms with Gasteiger partial charge in [0.05, 0.1) is 5.52 Å². The molecule has 0 aliphatic carbocycles. The quantitative estimate of drug-likeness (QED) is 0.666. The summed E-state index contributed by atoms with van der Waals surface area (Å²) >= 11 is 0. The number of likely N-dealkylation sites (tertiary alicyclic amines) is 1. The van der Waals surface area contributed by atoms with Crippen molar-refractivity contribution in [3.63, 3.8) is 0 Å². The van der Waals surface area contributed by atoms with Crippen LogP contribution in [0.3, 0.4) is 0 Å². The second-order valence-corrected chi connectivity index (χ2v) is 8.84. The largest absolute Gasteiger partial charge is 0.348 e. The van der Waals surface area contributed by atoms with Gasteiger partial charge in [0.1, 0.15) is 0 Å². The molecule has 1 aliphatic rings. The summed E-state index contributed by atoms with van der Waals surface area (Å²) in [5.74, 6) is -2.07. The van der Waals surface area contributed by atoms with Gasteiger partial charge in [-0.15, -0.1) is 0 Å². The Labute approximate surface area is 174 Å². The number of aromatic amines is 1. The number of carbonyl (C=O) groups is 1. The third-order valence-corrected chi connectivity index (χ3v) is 5.82. The Kier molecular flexibility index (Phi) is 5.32. The van der Waals surface area contributed by atoms with Gasteiger partial charge < -0.3 is 5.32 Å². The van der Waals surface area contributed by atoms with Gasteiger partial charge in [-0.1, -0.05) is 18.2 Å². The number of hydrogen-bond donors (Lipinski definition) is 2. The predicted molar refractivity (Wildman–Crippen MR) is 113 cm³/mol. The van der Waals surface area contributed by atoms with Gasteiger partial charge in [-0.3, -0.25) is 14.8 Å². The van der Waals surface area contributed by atoms with Crippen LogP contribution in [0.2, 0.25) is 0 Å². The van der Waals surface area contributed by atoms with Crippen molar-refractivity contribution in [1.82, 2.24) is 20.4 Å². The van der Waals surface area contributed by atoms with Gasteiger partial charge in [-0.05, 0) is 57.4 Å². The maximum atomic E-state index is 14.2. The van der Waals surface area contributed by atoms with Crippen LogP contribution in [0.5, 0.6) is 0 Å². The molecule has 1 amide bonds. The van der Waals surface area contributed by atoms with Gasteiger partial charge in [0.2, 0.25) is 0 Å². The fourth-order valence-corrected chi connectivity index (χ4v) is 4.03. The number of piperidine rings is 1. The van der Waals surface area contributed by atoms with E-state index < -0.39 is 11.6 Å². The van der Waals surface area contributed by atoms with Gasteiger partial charge in [0, 0.05) is 35.6 Å². The molecule has 0 saturated carbocycles.